The summed E-state index contributed by atoms with van der Waals surface area (Å²) in [5.41, 5.74) is 0.682. The van der Waals surface area contributed by atoms with Gasteiger partial charge in [0.25, 0.3) is 0 Å². The molecular weight excluding hydrogens is 342 g/mol. The van der Waals surface area contributed by atoms with Crippen LogP contribution in [0.1, 0.15) is 37.7 Å². The van der Waals surface area contributed by atoms with E-state index in [0.717, 1.165) is 6.42 Å². The quantitative estimate of drug-likeness (QED) is 0.818. The van der Waals surface area contributed by atoms with Gasteiger partial charge < -0.3 is 5.11 Å². The van der Waals surface area contributed by atoms with E-state index in [0.29, 0.717) is 22.5 Å². The molecule has 4 nitrogen and oxygen atoms in total. The second-order valence-electron chi connectivity index (χ2n) is 5.26. The highest BCUT2D eigenvalue weighted by molar-refractivity contribution is 9.10. The zero-order chi connectivity index (χ0) is 14.6. The fourth-order valence-electron chi connectivity index (χ4n) is 2.63. The van der Waals surface area contributed by atoms with Gasteiger partial charge >= 0.3 is 0 Å². The first-order valence-electron chi connectivity index (χ1n) is 6.92. The van der Waals surface area contributed by atoms with Crippen LogP contribution in [0.3, 0.4) is 0 Å². The van der Waals surface area contributed by atoms with E-state index >= 15 is 0 Å². The van der Waals surface area contributed by atoms with E-state index in [1.165, 1.54) is 31.7 Å². The summed E-state index contributed by atoms with van der Waals surface area (Å²) in [6.45, 7) is 0.384. The summed E-state index contributed by atoms with van der Waals surface area (Å²) in [5, 5.41) is 9.03. The van der Waals surface area contributed by atoms with Crippen LogP contribution in [0, 0.1) is 5.92 Å². The number of hydrogen-bond donors (Lipinski definition) is 2. The van der Waals surface area contributed by atoms with E-state index in [9.17, 15) is 8.42 Å². The standard InChI is InChI=1S/C14H20BrNO3S/c15-13-9-12(10-17)5-6-14(13)20(18,19)16-8-7-11-3-1-2-4-11/h5-6,9,11,16-17H,1-4,7-8,10H2. The number of rotatable bonds is 6. The number of halogens is 1. The normalized spacial score (nSPS) is 16.7. The second kappa shape index (κ2) is 7.02. The van der Waals surface area contributed by atoms with Crippen molar-refractivity contribution in [2.75, 3.05) is 6.54 Å². The van der Waals surface area contributed by atoms with Crippen molar-refractivity contribution in [3.05, 3.63) is 28.2 Å². The molecule has 0 bridgehead atoms. The van der Waals surface area contributed by atoms with Crippen LogP contribution in [0.4, 0.5) is 0 Å². The Morgan fingerprint density at radius 3 is 2.60 bits per heavy atom. The highest BCUT2D eigenvalue weighted by Crippen LogP contribution is 2.27. The molecule has 1 saturated carbocycles. The third-order valence-corrected chi connectivity index (χ3v) is 6.23. The van der Waals surface area contributed by atoms with Crippen LogP contribution in [0.5, 0.6) is 0 Å². The van der Waals surface area contributed by atoms with Gasteiger partial charge in [0.1, 0.15) is 0 Å². The Hall–Kier alpha value is -0.430. The monoisotopic (exact) mass is 361 g/mol. The number of hydrogen-bond acceptors (Lipinski definition) is 3. The fraction of sp³-hybridized carbons (Fsp3) is 0.571. The summed E-state index contributed by atoms with van der Waals surface area (Å²) >= 11 is 3.25. The molecule has 0 spiro atoms. The van der Waals surface area contributed by atoms with E-state index in [4.69, 9.17) is 5.11 Å². The topological polar surface area (TPSA) is 66.4 Å². The molecule has 0 saturated heterocycles. The lowest BCUT2D eigenvalue weighted by Crippen LogP contribution is -2.26. The summed E-state index contributed by atoms with van der Waals surface area (Å²) in [4.78, 5) is 0.223. The number of aliphatic hydroxyl groups is 1. The molecule has 6 heteroatoms. The van der Waals surface area contributed by atoms with E-state index in [2.05, 4.69) is 20.7 Å². The molecule has 0 radical (unpaired) electrons. The first kappa shape index (κ1) is 15.9. The van der Waals surface area contributed by atoms with Gasteiger partial charge in [-0.25, -0.2) is 13.1 Å². The number of sulfonamides is 1. The lowest BCUT2D eigenvalue weighted by atomic mass is 10.1. The van der Waals surface area contributed by atoms with Crippen molar-refractivity contribution in [3.8, 4) is 0 Å². The van der Waals surface area contributed by atoms with Crippen molar-refractivity contribution >= 4 is 26.0 Å². The zero-order valence-electron chi connectivity index (χ0n) is 11.3. The molecule has 0 atom stereocenters. The lowest BCUT2D eigenvalue weighted by Gasteiger charge is -2.12. The molecule has 1 aliphatic rings. The Morgan fingerprint density at radius 1 is 1.30 bits per heavy atom. The Labute approximate surface area is 128 Å². The van der Waals surface area contributed by atoms with E-state index in [1.54, 1.807) is 12.1 Å². The smallest absolute Gasteiger partial charge is 0.241 e. The van der Waals surface area contributed by atoms with Crippen molar-refractivity contribution < 1.29 is 13.5 Å². The molecule has 0 aromatic heterocycles. The van der Waals surface area contributed by atoms with Gasteiger partial charge in [-0.1, -0.05) is 31.7 Å². The lowest BCUT2D eigenvalue weighted by molar-refractivity contribution is 0.281. The molecule has 0 heterocycles. The summed E-state index contributed by atoms with van der Waals surface area (Å²) in [5.74, 6) is 0.665. The van der Waals surface area contributed by atoms with Crippen molar-refractivity contribution in [1.82, 2.24) is 4.72 Å². The van der Waals surface area contributed by atoms with E-state index in [1.807, 2.05) is 0 Å². The first-order chi connectivity index (χ1) is 9.53. The third kappa shape index (κ3) is 4.04. The third-order valence-electron chi connectivity index (χ3n) is 3.79. The summed E-state index contributed by atoms with van der Waals surface area (Å²) < 4.78 is 27.6. The Balaban J connectivity index is 1.98. The van der Waals surface area contributed by atoms with Crippen LogP contribution >= 0.6 is 15.9 Å². The van der Waals surface area contributed by atoms with Crippen molar-refractivity contribution in [3.63, 3.8) is 0 Å². The maximum atomic E-state index is 12.2. The minimum atomic E-state index is -3.49. The molecule has 2 rings (SSSR count). The average molecular weight is 362 g/mol. The van der Waals surface area contributed by atoms with Gasteiger partial charge in [0.15, 0.2) is 0 Å². The molecule has 20 heavy (non-hydrogen) atoms. The summed E-state index contributed by atoms with van der Waals surface area (Å²) in [6.07, 6.45) is 5.88. The van der Waals surface area contributed by atoms with Crippen LogP contribution in [0.25, 0.3) is 0 Å². The number of nitrogens with one attached hydrogen (secondary N) is 1. The second-order valence-corrected chi connectivity index (χ2v) is 7.85. The largest absolute Gasteiger partial charge is 0.392 e. The molecule has 1 aliphatic carbocycles. The highest BCUT2D eigenvalue weighted by Gasteiger charge is 2.19. The number of aliphatic hydroxyl groups excluding tert-OH is 1. The minimum absolute atomic E-state index is 0.103. The predicted octanol–water partition coefficient (Wildman–Crippen LogP) is 2.80. The summed E-state index contributed by atoms with van der Waals surface area (Å²) in [7, 11) is -3.49. The molecule has 0 unspecified atom stereocenters. The summed E-state index contributed by atoms with van der Waals surface area (Å²) in [6, 6.07) is 4.77. The fourth-order valence-corrected chi connectivity index (χ4v) is 4.81. The van der Waals surface area contributed by atoms with Gasteiger partial charge in [-0.05, 0) is 46.0 Å². The SMILES string of the molecule is O=S(=O)(NCCC1CCCC1)c1ccc(CO)cc1Br. The maximum Gasteiger partial charge on any atom is 0.241 e. The highest BCUT2D eigenvalue weighted by atomic mass is 79.9. The van der Waals surface area contributed by atoms with Crippen LogP contribution in [-0.4, -0.2) is 20.1 Å². The maximum absolute atomic E-state index is 12.2. The molecule has 2 N–H and O–H groups in total. The molecule has 0 aliphatic heterocycles. The van der Waals surface area contributed by atoms with Crippen LogP contribution < -0.4 is 4.72 Å². The van der Waals surface area contributed by atoms with Gasteiger partial charge in [0, 0.05) is 11.0 Å². The van der Waals surface area contributed by atoms with Crippen LogP contribution in [0.2, 0.25) is 0 Å². The van der Waals surface area contributed by atoms with Crippen molar-refractivity contribution in [2.24, 2.45) is 5.92 Å². The van der Waals surface area contributed by atoms with E-state index in [-0.39, 0.29) is 11.5 Å². The number of benzene rings is 1. The molecule has 1 fully saturated rings. The molecular formula is C14H20BrNO3S. The Kier molecular flexibility index (Phi) is 5.60. The van der Waals surface area contributed by atoms with Crippen molar-refractivity contribution in [2.45, 2.75) is 43.6 Å². The van der Waals surface area contributed by atoms with Gasteiger partial charge in [-0.2, -0.15) is 0 Å². The Bertz CT molecular complexity index is 554. The van der Waals surface area contributed by atoms with Crippen molar-refractivity contribution in [1.29, 1.82) is 0 Å². The van der Waals surface area contributed by atoms with Crippen LogP contribution in [0.15, 0.2) is 27.6 Å². The zero-order valence-corrected chi connectivity index (χ0v) is 13.7. The molecule has 0 amide bonds. The Morgan fingerprint density at radius 2 is 2.00 bits per heavy atom. The van der Waals surface area contributed by atoms with Gasteiger partial charge in [-0.15, -0.1) is 0 Å². The van der Waals surface area contributed by atoms with Gasteiger partial charge in [0.2, 0.25) is 10.0 Å². The van der Waals surface area contributed by atoms with Gasteiger partial charge in [-0.3, -0.25) is 0 Å². The molecule has 1 aromatic carbocycles. The minimum Gasteiger partial charge on any atom is -0.392 e. The first-order valence-corrected chi connectivity index (χ1v) is 9.19. The van der Waals surface area contributed by atoms with Crippen LogP contribution in [-0.2, 0) is 16.6 Å². The predicted molar refractivity (Wildman–Crippen MR) is 81.8 cm³/mol. The molecule has 112 valence electrons. The molecule has 1 aromatic rings. The average Bonchev–Trinajstić information content (AvgIpc) is 2.91. The van der Waals surface area contributed by atoms with E-state index < -0.39 is 10.0 Å². The van der Waals surface area contributed by atoms with Gasteiger partial charge in [0.05, 0.1) is 11.5 Å².